The molecule has 0 spiro atoms. The topological polar surface area (TPSA) is 61.8 Å². The number of aromatic amines is 1. The summed E-state index contributed by atoms with van der Waals surface area (Å²) >= 11 is 0. The first-order chi connectivity index (χ1) is 13.8. The smallest absolute Gasteiger partial charge is 0.143 e. The first-order valence-electron chi connectivity index (χ1n) is 10.0. The highest BCUT2D eigenvalue weighted by atomic mass is 16.3. The number of pyridine rings is 1. The molecular weight excluding hydrogens is 346 g/mol. The molecule has 140 valence electrons. The summed E-state index contributed by atoms with van der Waals surface area (Å²) < 4.78 is 0. The van der Waals surface area contributed by atoms with E-state index in [1.54, 1.807) is 12.1 Å². The molecule has 4 nitrogen and oxygen atoms in total. The molecule has 2 N–H and O–H groups in total. The highest BCUT2D eigenvalue weighted by Crippen LogP contribution is 2.33. The average molecular weight is 369 g/mol. The van der Waals surface area contributed by atoms with Crippen molar-refractivity contribution >= 4 is 11.0 Å². The summed E-state index contributed by atoms with van der Waals surface area (Å²) in [6.07, 6.45) is 8.57. The number of H-pyrrole nitrogens is 1. The molecule has 4 aromatic rings. The molecule has 2 aromatic heterocycles. The third-order valence-corrected chi connectivity index (χ3v) is 5.81. The van der Waals surface area contributed by atoms with E-state index < -0.39 is 0 Å². The summed E-state index contributed by atoms with van der Waals surface area (Å²) in [5.41, 5.74) is 5.85. The maximum atomic E-state index is 9.94. The minimum absolute atomic E-state index is 0.183. The van der Waals surface area contributed by atoms with Gasteiger partial charge in [0.15, 0.2) is 0 Å². The lowest BCUT2D eigenvalue weighted by Crippen LogP contribution is -2.04. The molecule has 0 bridgehead atoms. The van der Waals surface area contributed by atoms with Crippen LogP contribution in [0.2, 0.25) is 0 Å². The molecular formula is C24H23N3O. The van der Waals surface area contributed by atoms with Crippen LogP contribution in [0.25, 0.3) is 33.7 Å². The first-order valence-corrected chi connectivity index (χ1v) is 10.0. The second-order valence-corrected chi connectivity index (χ2v) is 7.65. The summed E-state index contributed by atoms with van der Waals surface area (Å²) in [5.74, 6) is 1.62. The molecule has 2 aromatic carbocycles. The van der Waals surface area contributed by atoms with Gasteiger partial charge in [-0.3, -0.25) is 4.98 Å². The Balaban J connectivity index is 1.39. The molecule has 0 saturated heterocycles. The van der Waals surface area contributed by atoms with E-state index in [0.717, 1.165) is 28.3 Å². The van der Waals surface area contributed by atoms with Crippen molar-refractivity contribution in [3.05, 3.63) is 66.4 Å². The zero-order valence-corrected chi connectivity index (χ0v) is 15.7. The predicted molar refractivity (Wildman–Crippen MR) is 112 cm³/mol. The predicted octanol–water partition coefficient (Wildman–Crippen LogP) is 6.05. The lowest BCUT2D eigenvalue weighted by molar-refractivity contribution is 0.443. The Morgan fingerprint density at radius 1 is 0.857 bits per heavy atom. The Labute approximate surface area is 164 Å². The van der Waals surface area contributed by atoms with Crippen LogP contribution in [0.5, 0.6) is 5.75 Å². The molecule has 1 aliphatic carbocycles. The zero-order chi connectivity index (χ0) is 18.9. The number of benzene rings is 2. The third-order valence-electron chi connectivity index (χ3n) is 5.81. The van der Waals surface area contributed by atoms with Gasteiger partial charge in [0.2, 0.25) is 0 Å². The number of rotatable bonds is 3. The summed E-state index contributed by atoms with van der Waals surface area (Å²) in [4.78, 5) is 12.4. The quantitative estimate of drug-likeness (QED) is 0.462. The minimum Gasteiger partial charge on any atom is -0.506 e. The molecule has 2 heterocycles. The van der Waals surface area contributed by atoms with Crippen LogP contribution < -0.4 is 0 Å². The Kier molecular flexibility index (Phi) is 4.32. The van der Waals surface area contributed by atoms with E-state index in [1.807, 2.05) is 24.4 Å². The second-order valence-electron chi connectivity index (χ2n) is 7.65. The first kappa shape index (κ1) is 17.0. The fourth-order valence-electron chi connectivity index (χ4n) is 4.22. The maximum Gasteiger partial charge on any atom is 0.143 e. The van der Waals surface area contributed by atoms with E-state index in [9.17, 15) is 5.11 Å². The number of nitrogens with zero attached hydrogens (tertiary/aromatic N) is 2. The van der Waals surface area contributed by atoms with Crippen molar-refractivity contribution in [2.24, 2.45) is 0 Å². The highest BCUT2D eigenvalue weighted by molar-refractivity contribution is 5.84. The molecule has 1 saturated carbocycles. The number of aromatic nitrogens is 3. The number of phenolic OH excluding ortho intramolecular Hbond substituents is 1. The lowest BCUT2D eigenvalue weighted by Gasteiger charge is -2.22. The average Bonchev–Trinajstić information content (AvgIpc) is 3.21. The fraction of sp³-hybridized carbons (Fsp3) is 0.250. The molecule has 0 radical (unpaired) electrons. The number of fused-ring (bicyclic) bond motifs is 1. The standard InChI is InChI=1S/C24H23N3O/c28-22-8-4-7-21-23(22)27-24(26-21)19-13-14-20(25-15-19)18-11-9-17(10-12-18)16-5-2-1-3-6-16/h4,7-16,28H,1-3,5-6H2,(H,26,27). The number of nitrogens with one attached hydrogen (secondary N) is 1. The van der Waals surface area contributed by atoms with Gasteiger partial charge in [-0.25, -0.2) is 4.98 Å². The number of hydrogen-bond acceptors (Lipinski definition) is 3. The van der Waals surface area contributed by atoms with E-state index in [-0.39, 0.29) is 5.75 Å². The molecule has 5 rings (SSSR count). The van der Waals surface area contributed by atoms with Crippen molar-refractivity contribution < 1.29 is 5.11 Å². The Morgan fingerprint density at radius 2 is 1.64 bits per heavy atom. The molecule has 1 aliphatic rings. The van der Waals surface area contributed by atoms with Crippen LogP contribution in [-0.4, -0.2) is 20.1 Å². The van der Waals surface area contributed by atoms with Crippen LogP contribution in [0.3, 0.4) is 0 Å². The molecule has 0 atom stereocenters. The zero-order valence-electron chi connectivity index (χ0n) is 15.7. The van der Waals surface area contributed by atoms with Crippen LogP contribution in [0.1, 0.15) is 43.6 Å². The monoisotopic (exact) mass is 369 g/mol. The van der Waals surface area contributed by atoms with Gasteiger partial charge in [0.25, 0.3) is 0 Å². The Hall–Kier alpha value is -3.14. The summed E-state index contributed by atoms with van der Waals surface area (Å²) in [6, 6.07) is 18.3. The van der Waals surface area contributed by atoms with Gasteiger partial charge < -0.3 is 10.1 Å². The lowest BCUT2D eigenvalue weighted by atomic mass is 9.84. The van der Waals surface area contributed by atoms with Gasteiger partial charge in [-0.2, -0.15) is 0 Å². The number of imidazole rings is 1. The maximum absolute atomic E-state index is 9.94. The molecule has 4 heteroatoms. The van der Waals surface area contributed by atoms with E-state index in [2.05, 4.69) is 39.2 Å². The SMILES string of the molecule is Oc1cccc2[nH]c(-c3ccc(-c4ccc(C5CCCCC5)cc4)nc3)nc12. The minimum atomic E-state index is 0.183. The van der Waals surface area contributed by atoms with E-state index >= 15 is 0 Å². The molecule has 0 amide bonds. The van der Waals surface area contributed by atoms with Gasteiger partial charge >= 0.3 is 0 Å². The van der Waals surface area contributed by atoms with Crippen molar-refractivity contribution in [3.8, 4) is 28.4 Å². The van der Waals surface area contributed by atoms with Gasteiger partial charge in [-0.05, 0) is 48.6 Å². The van der Waals surface area contributed by atoms with E-state index in [1.165, 1.54) is 37.7 Å². The van der Waals surface area contributed by atoms with Crippen LogP contribution in [0.4, 0.5) is 0 Å². The Bertz CT molecular complexity index is 1090. The molecule has 0 unspecified atom stereocenters. The van der Waals surface area contributed by atoms with Crippen molar-refractivity contribution in [3.63, 3.8) is 0 Å². The number of para-hydroxylation sites is 1. The number of aromatic hydroxyl groups is 1. The third kappa shape index (κ3) is 3.15. The molecule has 28 heavy (non-hydrogen) atoms. The number of hydrogen-bond donors (Lipinski definition) is 2. The highest BCUT2D eigenvalue weighted by Gasteiger charge is 2.15. The van der Waals surface area contributed by atoms with Crippen molar-refractivity contribution in [1.29, 1.82) is 0 Å². The molecule has 0 aliphatic heterocycles. The van der Waals surface area contributed by atoms with Gasteiger partial charge in [-0.1, -0.05) is 49.6 Å². The van der Waals surface area contributed by atoms with Crippen molar-refractivity contribution in [2.75, 3.05) is 0 Å². The van der Waals surface area contributed by atoms with Crippen LogP contribution >= 0.6 is 0 Å². The Morgan fingerprint density at radius 3 is 2.36 bits per heavy atom. The summed E-state index contributed by atoms with van der Waals surface area (Å²) in [7, 11) is 0. The van der Waals surface area contributed by atoms with E-state index in [0.29, 0.717) is 11.3 Å². The van der Waals surface area contributed by atoms with Gasteiger partial charge in [0, 0.05) is 17.3 Å². The fourth-order valence-corrected chi connectivity index (χ4v) is 4.22. The van der Waals surface area contributed by atoms with Gasteiger partial charge in [-0.15, -0.1) is 0 Å². The van der Waals surface area contributed by atoms with Crippen molar-refractivity contribution in [1.82, 2.24) is 15.0 Å². The van der Waals surface area contributed by atoms with Gasteiger partial charge in [0.05, 0.1) is 11.2 Å². The second kappa shape index (κ2) is 7.12. The van der Waals surface area contributed by atoms with E-state index in [4.69, 9.17) is 0 Å². The van der Waals surface area contributed by atoms with Gasteiger partial charge in [0.1, 0.15) is 17.1 Å². The van der Waals surface area contributed by atoms with Crippen LogP contribution in [-0.2, 0) is 0 Å². The van der Waals surface area contributed by atoms with Crippen molar-refractivity contribution in [2.45, 2.75) is 38.0 Å². The van der Waals surface area contributed by atoms with Crippen LogP contribution in [0, 0.1) is 0 Å². The normalized spacial score (nSPS) is 15.1. The van der Waals surface area contributed by atoms with Crippen LogP contribution in [0.15, 0.2) is 60.8 Å². The number of phenols is 1. The summed E-state index contributed by atoms with van der Waals surface area (Å²) in [5, 5.41) is 9.94. The molecule has 1 fully saturated rings. The largest absolute Gasteiger partial charge is 0.506 e. The summed E-state index contributed by atoms with van der Waals surface area (Å²) in [6.45, 7) is 0.